The Balaban J connectivity index is 2.23. The van der Waals surface area contributed by atoms with Crippen LogP contribution in [0.25, 0.3) is 0 Å². The predicted molar refractivity (Wildman–Crippen MR) is 73.4 cm³/mol. The fraction of sp³-hybridized carbons (Fsp3) is 0.533. The van der Waals surface area contributed by atoms with E-state index in [2.05, 4.69) is 12.2 Å². The van der Waals surface area contributed by atoms with Crippen LogP contribution in [0.5, 0.6) is 0 Å². The van der Waals surface area contributed by atoms with Crippen LogP contribution in [0.3, 0.4) is 0 Å². The largest absolute Gasteiger partial charge is 0.478 e. The molecule has 6 heteroatoms. The molecule has 0 aliphatic heterocycles. The highest BCUT2D eigenvalue weighted by Crippen LogP contribution is 2.35. The summed E-state index contributed by atoms with van der Waals surface area (Å²) in [6.07, 6.45) is -0.637. The van der Waals surface area contributed by atoms with Gasteiger partial charge in [-0.25, -0.2) is 4.79 Å². The van der Waals surface area contributed by atoms with Gasteiger partial charge in [-0.05, 0) is 37.0 Å². The highest BCUT2D eigenvalue weighted by molar-refractivity contribution is 5.90. The maximum atomic E-state index is 12.9. The average molecular weight is 301 g/mol. The van der Waals surface area contributed by atoms with Crippen LogP contribution in [0, 0.1) is 5.92 Å². The Labute approximate surface area is 121 Å². The number of aromatic carboxylic acids is 1. The van der Waals surface area contributed by atoms with E-state index in [9.17, 15) is 18.0 Å². The summed E-state index contributed by atoms with van der Waals surface area (Å²) in [6.45, 7) is 2.13. The zero-order chi connectivity index (χ0) is 15.6. The standard InChI is InChI=1S/C15H18F3NO2/c1-9-3-2-4-10(7-9)19-11-5-6-12(14(20)21)13(8-11)15(16,17)18/h5-6,8-10,19H,2-4,7H2,1H3,(H,20,21). The molecule has 0 saturated heterocycles. The first-order valence-electron chi connectivity index (χ1n) is 6.98. The van der Waals surface area contributed by atoms with E-state index < -0.39 is 23.3 Å². The molecule has 3 nitrogen and oxygen atoms in total. The van der Waals surface area contributed by atoms with E-state index in [0.717, 1.165) is 37.8 Å². The molecule has 0 aromatic heterocycles. The number of nitrogens with one attached hydrogen (secondary N) is 1. The number of carboxylic acids is 1. The van der Waals surface area contributed by atoms with E-state index in [-0.39, 0.29) is 6.04 Å². The van der Waals surface area contributed by atoms with E-state index in [1.807, 2.05) is 0 Å². The molecule has 1 saturated carbocycles. The van der Waals surface area contributed by atoms with Crippen LogP contribution in [0.15, 0.2) is 18.2 Å². The zero-order valence-corrected chi connectivity index (χ0v) is 11.7. The van der Waals surface area contributed by atoms with E-state index in [1.54, 1.807) is 0 Å². The van der Waals surface area contributed by atoms with Crippen LogP contribution < -0.4 is 5.32 Å². The third-order valence-corrected chi connectivity index (χ3v) is 3.86. The normalized spacial score (nSPS) is 22.9. The van der Waals surface area contributed by atoms with Crippen molar-refractivity contribution < 1.29 is 23.1 Å². The second-order valence-corrected chi connectivity index (χ2v) is 5.68. The summed E-state index contributed by atoms with van der Waals surface area (Å²) in [4.78, 5) is 10.9. The van der Waals surface area contributed by atoms with Crippen molar-refractivity contribution in [2.75, 3.05) is 5.32 Å². The number of hydrogen-bond donors (Lipinski definition) is 2. The molecule has 1 aliphatic rings. The Kier molecular flexibility index (Phi) is 4.44. The van der Waals surface area contributed by atoms with E-state index >= 15 is 0 Å². The van der Waals surface area contributed by atoms with Gasteiger partial charge < -0.3 is 10.4 Å². The van der Waals surface area contributed by atoms with Crippen LogP contribution in [-0.2, 0) is 6.18 Å². The van der Waals surface area contributed by atoms with Crippen molar-refractivity contribution in [2.24, 2.45) is 5.92 Å². The van der Waals surface area contributed by atoms with Crippen LogP contribution in [0.2, 0.25) is 0 Å². The summed E-state index contributed by atoms with van der Waals surface area (Å²) in [5.74, 6) is -1.02. The second-order valence-electron chi connectivity index (χ2n) is 5.68. The van der Waals surface area contributed by atoms with Gasteiger partial charge in [0.2, 0.25) is 0 Å². The lowest BCUT2D eigenvalue weighted by Gasteiger charge is -2.28. The molecule has 116 valence electrons. The van der Waals surface area contributed by atoms with Gasteiger partial charge in [-0.15, -0.1) is 0 Å². The highest BCUT2D eigenvalue weighted by Gasteiger charge is 2.35. The third kappa shape index (κ3) is 3.89. The van der Waals surface area contributed by atoms with E-state index in [0.29, 0.717) is 11.6 Å². The van der Waals surface area contributed by atoms with E-state index in [4.69, 9.17) is 5.11 Å². The first kappa shape index (κ1) is 15.7. The molecule has 2 N–H and O–H groups in total. The lowest BCUT2D eigenvalue weighted by atomic mass is 9.87. The van der Waals surface area contributed by atoms with Crippen LogP contribution in [0.1, 0.15) is 48.5 Å². The van der Waals surface area contributed by atoms with Gasteiger partial charge >= 0.3 is 12.1 Å². The Hall–Kier alpha value is -1.72. The molecule has 0 radical (unpaired) electrons. The van der Waals surface area contributed by atoms with Crippen molar-refractivity contribution in [3.63, 3.8) is 0 Å². The minimum absolute atomic E-state index is 0.144. The molecule has 0 heterocycles. The van der Waals surface area contributed by atoms with Gasteiger partial charge in [-0.3, -0.25) is 0 Å². The topological polar surface area (TPSA) is 49.3 Å². The molecule has 0 bridgehead atoms. The minimum Gasteiger partial charge on any atom is -0.478 e. The quantitative estimate of drug-likeness (QED) is 0.870. The lowest BCUT2D eigenvalue weighted by molar-refractivity contribution is -0.138. The SMILES string of the molecule is CC1CCCC(Nc2ccc(C(=O)O)c(C(F)(F)F)c2)C1. The molecule has 1 aromatic rings. The molecular weight excluding hydrogens is 283 g/mol. The van der Waals surface area contributed by atoms with Gasteiger partial charge in [0.05, 0.1) is 11.1 Å². The maximum Gasteiger partial charge on any atom is 0.417 e. The average Bonchev–Trinajstić information content (AvgIpc) is 2.37. The van der Waals surface area contributed by atoms with Crippen molar-refractivity contribution in [2.45, 2.75) is 44.8 Å². The van der Waals surface area contributed by atoms with Crippen molar-refractivity contribution in [1.82, 2.24) is 0 Å². The van der Waals surface area contributed by atoms with Crippen LogP contribution >= 0.6 is 0 Å². The fourth-order valence-electron chi connectivity index (χ4n) is 2.86. The summed E-state index contributed by atoms with van der Waals surface area (Å²) < 4.78 is 38.8. The highest BCUT2D eigenvalue weighted by atomic mass is 19.4. The van der Waals surface area contributed by atoms with Crippen LogP contribution in [0.4, 0.5) is 18.9 Å². The number of halogens is 3. The number of carbonyl (C=O) groups is 1. The number of benzene rings is 1. The Bertz CT molecular complexity index is 528. The van der Waals surface area contributed by atoms with Gasteiger partial charge in [-0.2, -0.15) is 13.2 Å². The number of hydrogen-bond acceptors (Lipinski definition) is 2. The Morgan fingerprint density at radius 3 is 2.62 bits per heavy atom. The van der Waals surface area contributed by atoms with Gasteiger partial charge in [0.25, 0.3) is 0 Å². The first-order chi connectivity index (χ1) is 9.77. The summed E-state index contributed by atoms with van der Waals surface area (Å²) >= 11 is 0. The maximum absolute atomic E-state index is 12.9. The van der Waals surface area contributed by atoms with Gasteiger partial charge in [0.15, 0.2) is 0 Å². The monoisotopic (exact) mass is 301 g/mol. The summed E-state index contributed by atoms with van der Waals surface area (Å²) in [7, 11) is 0. The molecule has 21 heavy (non-hydrogen) atoms. The Morgan fingerprint density at radius 2 is 2.05 bits per heavy atom. The molecule has 1 fully saturated rings. The van der Waals surface area contributed by atoms with Crippen molar-refractivity contribution in [3.8, 4) is 0 Å². The summed E-state index contributed by atoms with van der Waals surface area (Å²) in [6, 6.07) is 3.45. The zero-order valence-electron chi connectivity index (χ0n) is 11.7. The Morgan fingerprint density at radius 1 is 1.33 bits per heavy atom. The molecule has 1 aromatic carbocycles. The van der Waals surface area contributed by atoms with Crippen molar-refractivity contribution in [1.29, 1.82) is 0 Å². The molecular formula is C15H18F3NO2. The van der Waals surface area contributed by atoms with Gasteiger partial charge in [0, 0.05) is 11.7 Å². The first-order valence-corrected chi connectivity index (χ1v) is 6.98. The number of carboxylic acid groups (broad SMARTS) is 1. The van der Waals surface area contributed by atoms with Crippen molar-refractivity contribution in [3.05, 3.63) is 29.3 Å². The molecule has 0 spiro atoms. The number of rotatable bonds is 3. The smallest absolute Gasteiger partial charge is 0.417 e. The fourth-order valence-corrected chi connectivity index (χ4v) is 2.86. The predicted octanol–water partition coefficient (Wildman–Crippen LogP) is 4.39. The molecule has 0 amide bonds. The van der Waals surface area contributed by atoms with Crippen LogP contribution in [-0.4, -0.2) is 17.1 Å². The summed E-state index contributed by atoms with van der Waals surface area (Å²) in [5.41, 5.74) is -1.50. The van der Waals surface area contributed by atoms with E-state index in [1.165, 1.54) is 6.07 Å². The molecule has 2 atom stereocenters. The number of alkyl halides is 3. The molecule has 2 unspecified atom stereocenters. The lowest BCUT2D eigenvalue weighted by Crippen LogP contribution is -2.26. The van der Waals surface area contributed by atoms with Gasteiger partial charge in [-0.1, -0.05) is 19.8 Å². The third-order valence-electron chi connectivity index (χ3n) is 3.86. The minimum atomic E-state index is -4.68. The number of anilines is 1. The van der Waals surface area contributed by atoms with Crippen molar-refractivity contribution >= 4 is 11.7 Å². The molecule has 1 aliphatic carbocycles. The summed E-state index contributed by atoms with van der Waals surface area (Å²) in [5, 5.41) is 12.0. The van der Waals surface area contributed by atoms with Gasteiger partial charge in [0.1, 0.15) is 0 Å². The second kappa shape index (κ2) is 5.95. The molecule has 2 rings (SSSR count).